The minimum atomic E-state index is -3.33. The van der Waals surface area contributed by atoms with E-state index in [2.05, 4.69) is 36.7 Å². The second-order valence-electron chi connectivity index (χ2n) is 5.34. The topological polar surface area (TPSA) is 88.4 Å². The van der Waals surface area contributed by atoms with Crippen LogP contribution in [0.5, 0.6) is 0 Å². The standard InChI is InChI=1S/C16H22BrN5O2S/c1-3-18-16(20-12-14-8-9-21-22(14)2)19-10-11-25(23,24)15-6-4-13(17)5-7-15/h4-9H,3,10-12H2,1-2H3,(H2,18,19,20). The van der Waals surface area contributed by atoms with Gasteiger partial charge in [0.05, 0.1) is 22.9 Å². The maximum Gasteiger partial charge on any atom is 0.191 e. The third-order valence-electron chi connectivity index (χ3n) is 3.50. The predicted octanol–water partition coefficient (Wildman–Crippen LogP) is 1.71. The largest absolute Gasteiger partial charge is 0.357 e. The molecule has 0 saturated heterocycles. The molecule has 25 heavy (non-hydrogen) atoms. The molecule has 0 aliphatic rings. The molecule has 0 fully saturated rings. The quantitative estimate of drug-likeness (QED) is 0.518. The van der Waals surface area contributed by atoms with Gasteiger partial charge in [0.25, 0.3) is 0 Å². The van der Waals surface area contributed by atoms with Crippen molar-refractivity contribution in [3.05, 3.63) is 46.7 Å². The third-order valence-corrected chi connectivity index (χ3v) is 5.76. The number of benzene rings is 1. The first-order chi connectivity index (χ1) is 11.9. The summed E-state index contributed by atoms with van der Waals surface area (Å²) in [6.45, 7) is 3.39. The van der Waals surface area contributed by atoms with Crippen LogP contribution < -0.4 is 10.6 Å². The maximum atomic E-state index is 12.3. The zero-order chi connectivity index (χ0) is 18.3. The number of aryl methyl sites for hydroxylation is 1. The van der Waals surface area contributed by atoms with E-state index in [1.807, 2.05) is 20.0 Å². The van der Waals surface area contributed by atoms with Crippen molar-refractivity contribution in [3.8, 4) is 0 Å². The van der Waals surface area contributed by atoms with E-state index in [1.165, 1.54) is 0 Å². The molecule has 7 nitrogen and oxygen atoms in total. The van der Waals surface area contributed by atoms with Gasteiger partial charge in [0.15, 0.2) is 15.8 Å². The summed E-state index contributed by atoms with van der Waals surface area (Å²) < 4.78 is 27.3. The lowest BCUT2D eigenvalue weighted by Crippen LogP contribution is -2.39. The molecule has 0 aliphatic carbocycles. The lowest BCUT2D eigenvalue weighted by molar-refractivity contribution is 0.594. The van der Waals surface area contributed by atoms with Crippen molar-refractivity contribution in [1.29, 1.82) is 0 Å². The van der Waals surface area contributed by atoms with Crippen LogP contribution in [-0.2, 0) is 23.4 Å². The molecule has 1 heterocycles. The lowest BCUT2D eigenvalue weighted by atomic mass is 10.4. The number of guanidine groups is 1. The van der Waals surface area contributed by atoms with E-state index in [-0.39, 0.29) is 12.3 Å². The van der Waals surface area contributed by atoms with E-state index in [0.29, 0.717) is 23.9 Å². The smallest absolute Gasteiger partial charge is 0.191 e. The number of aliphatic imine (C=N–C) groups is 1. The van der Waals surface area contributed by atoms with Crippen LogP contribution in [0.2, 0.25) is 0 Å². The Morgan fingerprint density at radius 3 is 2.56 bits per heavy atom. The highest BCUT2D eigenvalue weighted by atomic mass is 79.9. The van der Waals surface area contributed by atoms with Crippen molar-refractivity contribution in [2.24, 2.45) is 12.0 Å². The first-order valence-corrected chi connectivity index (χ1v) is 10.3. The summed E-state index contributed by atoms with van der Waals surface area (Å²) in [4.78, 5) is 4.77. The van der Waals surface area contributed by atoms with Gasteiger partial charge < -0.3 is 10.6 Å². The number of hydrogen-bond acceptors (Lipinski definition) is 4. The average molecular weight is 428 g/mol. The highest BCUT2D eigenvalue weighted by molar-refractivity contribution is 9.10. The predicted molar refractivity (Wildman–Crippen MR) is 102 cm³/mol. The number of halogens is 1. The summed E-state index contributed by atoms with van der Waals surface area (Å²) in [5, 5.41) is 10.3. The van der Waals surface area contributed by atoms with Gasteiger partial charge in [-0.3, -0.25) is 4.68 Å². The van der Waals surface area contributed by atoms with E-state index >= 15 is 0 Å². The van der Waals surface area contributed by atoms with Crippen molar-refractivity contribution in [2.75, 3.05) is 18.8 Å². The van der Waals surface area contributed by atoms with Gasteiger partial charge in [-0.15, -0.1) is 0 Å². The monoisotopic (exact) mass is 427 g/mol. The van der Waals surface area contributed by atoms with Gasteiger partial charge in [0.1, 0.15) is 0 Å². The molecule has 136 valence electrons. The first kappa shape index (κ1) is 19.5. The molecule has 0 aliphatic heterocycles. The average Bonchev–Trinajstić information content (AvgIpc) is 2.98. The molecular weight excluding hydrogens is 406 g/mol. The third kappa shape index (κ3) is 5.86. The highest BCUT2D eigenvalue weighted by Crippen LogP contribution is 2.15. The molecule has 2 rings (SSSR count). The molecule has 0 radical (unpaired) electrons. The van der Waals surface area contributed by atoms with E-state index in [1.54, 1.807) is 35.1 Å². The van der Waals surface area contributed by atoms with Crippen LogP contribution in [0.3, 0.4) is 0 Å². The zero-order valence-corrected chi connectivity index (χ0v) is 16.6. The Balaban J connectivity index is 1.94. The van der Waals surface area contributed by atoms with Crippen LogP contribution >= 0.6 is 15.9 Å². The summed E-state index contributed by atoms with van der Waals surface area (Å²) in [7, 11) is -1.48. The second kappa shape index (κ2) is 9.00. The van der Waals surface area contributed by atoms with Crippen molar-refractivity contribution >= 4 is 31.7 Å². The van der Waals surface area contributed by atoms with Crippen LogP contribution in [0.1, 0.15) is 12.6 Å². The van der Waals surface area contributed by atoms with Crippen LogP contribution in [0.4, 0.5) is 0 Å². The van der Waals surface area contributed by atoms with Gasteiger partial charge in [-0.05, 0) is 37.3 Å². The molecule has 0 unspecified atom stereocenters. The highest BCUT2D eigenvalue weighted by Gasteiger charge is 2.14. The molecule has 0 bridgehead atoms. The number of nitrogens with one attached hydrogen (secondary N) is 2. The summed E-state index contributed by atoms with van der Waals surface area (Å²) in [6, 6.07) is 8.53. The van der Waals surface area contributed by atoms with E-state index < -0.39 is 9.84 Å². The van der Waals surface area contributed by atoms with Crippen molar-refractivity contribution in [2.45, 2.75) is 18.4 Å². The van der Waals surface area contributed by atoms with E-state index in [9.17, 15) is 8.42 Å². The number of aromatic nitrogens is 2. The Labute approximate surface area is 156 Å². The van der Waals surface area contributed by atoms with Crippen molar-refractivity contribution in [1.82, 2.24) is 20.4 Å². The van der Waals surface area contributed by atoms with Crippen LogP contribution in [-0.4, -0.2) is 43.0 Å². The number of nitrogens with zero attached hydrogens (tertiary/aromatic N) is 3. The van der Waals surface area contributed by atoms with Crippen molar-refractivity contribution < 1.29 is 8.42 Å². The minimum Gasteiger partial charge on any atom is -0.357 e. The second-order valence-corrected chi connectivity index (χ2v) is 8.37. The van der Waals surface area contributed by atoms with Crippen LogP contribution in [0, 0.1) is 0 Å². The fourth-order valence-electron chi connectivity index (χ4n) is 2.12. The molecule has 2 aromatic rings. The van der Waals surface area contributed by atoms with Gasteiger partial charge in [-0.2, -0.15) is 5.10 Å². The van der Waals surface area contributed by atoms with E-state index in [4.69, 9.17) is 0 Å². The molecule has 2 N–H and O–H groups in total. The Morgan fingerprint density at radius 2 is 1.96 bits per heavy atom. The van der Waals surface area contributed by atoms with Crippen molar-refractivity contribution in [3.63, 3.8) is 0 Å². The molecule has 1 aromatic carbocycles. The fourth-order valence-corrected chi connectivity index (χ4v) is 3.54. The van der Waals surface area contributed by atoms with Gasteiger partial charge in [0, 0.05) is 30.8 Å². The van der Waals surface area contributed by atoms with Crippen LogP contribution in [0.25, 0.3) is 0 Å². The molecule has 1 aromatic heterocycles. The van der Waals surface area contributed by atoms with Gasteiger partial charge in [-0.1, -0.05) is 15.9 Å². The van der Waals surface area contributed by atoms with E-state index in [0.717, 1.165) is 10.2 Å². The summed E-state index contributed by atoms with van der Waals surface area (Å²) in [5.74, 6) is 0.569. The zero-order valence-electron chi connectivity index (χ0n) is 14.2. The molecule has 0 saturated carbocycles. The summed E-state index contributed by atoms with van der Waals surface area (Å²) in [5.41, 5.74) is 0.972. The normalized spacial score (nSPS) is 12.2. The lowest BCUT2D eigenvalue weighted by Gasteiger charge is -2.11. The molecule has 9 heteroatoms. The van der Waals surface area contributed by atoms with Crippen LogP contribution in [0.15, 0.2) is 50.9 Å². The Bertz CT molecular complexity index is 815. The Morgan fingerprint density at radius 1 is 1.24 bits per heavy atom. The van der Waals surface area contributed by atoms with Gasteiger partial charge in [0.2, 0.25) is 0 Å². The van der Waals surface area contributed by atoms with Gasteiger partial charge >= 0.3 is 0 Å². The minimum absolute atomic E-state index is 0.00917. The molecule has 0 spiro atoms. The van der Waals surface area contributed by atoms with Gasteiger partial charge in [-0.25, -0.2) is 13.4 Å². The number of rotatable bonds is 7. The number of hydrogen-bond donors (Lipinski definition) is 2. The summed E-state index contributed by atoms with van der Waals surface area (Å²) >= 11 is 3.30. The summed E-state index contributed by atoms with van der Waals surface area (Å²) in [6.07, 6.45) is 1.72. The first-order valence-electron chi connectivity index (χ1n) is 7.90. The Hall–Kier alpha value is -1.87. The fraction of sp³-hybridized carbons (Fsp3) is 0.375. The maximum absolute atomic E-state index is 12.3. The Kier molecular flexibility index (Phi) is 7.01. The molecule has 0 atom stereocenters. The molecule has 0 amide bonds. The SMILES string of the molecule is CCNC(=NCc1ccnn1C)NCCS(=O)(=O)c1ccc(Br)cc1. The number of sulfone groups is 1. The molecular formula is C16H22BrN5O2S.